The lowest BCUT2D eigenvalue weighted by Gasteiger charge is -2.17. The van der Waals surface area contributed by atoms with Crippen molar-refractivity contribution in [3.63, 3.8) is 0 Å². The quantitative estimate of drug-likeness (QED) is 0.811. The predicted octanol–water partition coefficient (Wildman–Crippen LogP) is 3.64. The molecule has 0 saturated carbocycles. The van der Waals surface area contributed by atoms with E-state index >= 15 is 0 Å². The highest BCUT2D eigenvalue weighted by molar-refractivity contribution is 6.30. The Balaban J connectivity index is 1.98. The van der Waals surface area contributed by atoms with Crippen molar-refractivity contribution in [2.75, 3.05) is 20.2 Å². The van der Waals surface area contributed by atoms with Crippen molar-refractivity contribution < 1.29 is 14.3 Å². The lowest BCUT2D eigenvalue weighted by atomic mass is 10.1. The number of benzene rings is 1. The molecule has 24 heavy (non-hydrogen) atoms. The number of nitrogens with one attached hydrogen (secondary N) is 1. The number of halogens is 1. The maximum atomic E-state index is 12.6. The van der Waals surface area contributed by atoms with Crippen molar-refractivity contribution in [3.05, 3.63) is 51.8 Å². The normalized spacial score (nSPS) is 10.5. The molecular weight excluding hydrogens is 328 g/mol. The summed E-state index contributed by atoms with van der Waals surface area (Å²) in [5.74, 6) is 0.489. The van der Waals surface area contributed by atoms with Crippen molar-refractivity contribution in [1.29, 1.82) is 0 Å². The van der Waals surface area contributed by atoms with Crippen LogP contribution in [0.3, 0.4) is 0 Å². The average molecular weight is 349 g/mol. The summed E-state index contributed by atoms with van der Waals surface area (Å²) in [6.07, 6.45) is 0. The fourth-order valence-corrected chi connectivity index (χ4v) is 2.74. The summed E-state index contributed by atoms with van der Waals surface area (Å²) in [6, 6.07) is 7.06. The standard InChI is InChI=1S/C18H21ClN2O3/c1-11-16(13(3)22)12(2)20-17(11)18(23)21(4)9-10-24-15-7-5-14(19)6-8-15/h5-8,20H,9-10H2,1-4H3. The molecule has 0 spiro atoms. The van der Waals surface area contributed by atoms with Crippen LogP contribution >= 0.6 is 11.6 Å². The van der Waals surface area contributed by atoms with E-state index in [1.807, 2.05) is 0 Å². The van der Waals surface area contributed by atoms with Gasteiger partial charge in [-0.1, -0.05) is 11.6 Å². The fourth-order valence-electron chi connectivity index (χ4n) is 2.62. The van der Waals surface area contributed by atoms with Crippen molar-refractivity contribution >= 4 is 23.3 Å². The van der Waals surface area contributed by atoms with E-state index in [4.69, 9.17) is 16.3 Å². The summed E-state index contributed by atoms with van der Waals surface area (Å²) in [4.78, 5) is 28.8. The lowest BCUT2D eigenvalue weighted by Crippen LogP contribution is -2.31. The Bertz CT molecular complexity index is 750. The van der Waals surface area contributed by atoms with Crippen molar-refractivity contribution in [3.8, 4) is 5.75 Å². The number of rotatable bonds is 6. The molecule has 5 nitrogen and oxygen atoms in total. The summed E-state index contributed by atoms with van der Waals surface area (Å²) in [6.45, 7) is 5.87. The van der Waals surface area contributed by atoms with E-state index in [9.17, 15) is 9.59 Å². The number of carbonyl (C=O) groups is 2. The first kappa shape index (κ1) is 18.1. The number of aromatic nitrogens is 1. The average Bonchev–Trinajstić information content (AvgIpc) is 2.83. The Labute approximate surface area is 146 Å². The highest BCUT2D eigenvalue weighted by atomic mass is 35.5. The van der Waals surface area contributed by atoms with Gasteiger partial charge < -0.3 is 14.6 Å². The SMILES string of the molecule is CC(=O)c1c(C)[nH]c(C(=O)N(C)CCOc2ccc(Cl)cc2)c1C. The summed E-state index contributed by atoms with van der Waals surface area (Å²) in [5.41, 5.74) is 2.44. The van der Waals surface area contributed by atoms with Gasteiger partial charge in [0.15, 0.2) is 5.78 Å². The van der Waals surface area contributed by atoms with Gasteiger partial charge in [0.05, 0.1) is 6.54 Å². The highest BCUT2D eigenvalue weighted by Crippen LogP contribution is 2.20. The number of hydrogen-bond acceptors (Lipinski definition) is 3. The lowest BCUT2D eigenvalue weighted by molar-refractivity contribution is 0.0768. The van der Waals surface area contributed by atoms with E-state index < -0.39 is 0 Å². The number of aryl methyl sites for hydroxylation is 1. The Morgan fingerprint density at radius 2 is 1.83 bits per heavy atom. The third kappa shape index (κ3) is 3.97. The Kier molecular flexibility index (Phi) is 5.67. The molecule has 0 atom stereocenters. The third-order valence-corrected chi connectivity index (χ3v) is 4.11. The molecule has 0 unspecified atom stereocenters. The van der Waals surface area contributed by atoms with Gasteiger partial charge in [-0.2, -0.15) is 0 Å². The van der Waals surface area contributed by atoms with Crippen LogP contribution in [-0.2, 0) is 0 Å². The zero-order chi connectivity index (χ0) is 17.9. The minimum atomic E-state index is -0.164. The smallest absolute Gasteiger partial charge is 0.270 e. The second kappa shape index (κ2) is 7.53. The molecule has 1 aromatic heterocycles. The summed E-state index contributed by atoms with van der Waals surface area (Å²) < 4.78 is 5.60. The zero-order valence-electron chi connectivity index (χ0n) is 14.3. The molecule has 2 rings (SSSR count). The van der Waals surface area contributed by atoms with E-state index in [-0.39, 0.29) is 11.7 Å². The van der Waals surface area contributed by atoms with Crippen LogP contribution in [0.15, 0.2) is 24.3 Å². The third-order valence-electron chi connectivity index (χ3n) is 3.86. The first-order chi connectivity index (χ1) is 11.3. The number of Topliss-reactive ketones (excluding diaryl/α,β-unsaturated/α-hetero) is 1. The van der Waals surface area contributed by atoms with Gasteiger partial charge in [0.1, 0.15) is 18.1 Å². The Hall–Kier alpha value is -2.27. The van der Waals surface area contributed by atoms with Gasteiger partial charge in [0.25, 0.3) is 5.91 Å². The molecule has 0 bridgehead atoms. The fraction of sp³-hybridized carbons (Fsp3) is 0.333. The highest BCUT2D eigenvalue weighted by Gasteiger charge is 2.22. The van der Waals surface area contributed by atoms with Crippen molar-refractivity contribution in [1.82, 2.24) is 9.88 Å². The largest absolute Gasteiger partial charge is 0.492 e. The second-order valence-electron chi connectivity index (χ2n) is 5.71. The van der Waals surface area contributed by atoms with Crippen LogP contribution in [0.4, 0.5) is 0 Å². The number of amides is 1. The Morgan fingerprint density at radius 3 is 2.38 bits per heavy atom. The molecule has 0 radical (unpaired) electrons. The van der Waals surface area contributed by atoms with Gasteiger partial charge >= 0.3 is 0 Å². The molecule has 0 saturated heterocycles. The first-order valence-corrected chi connectivity index (χ1v) is 8.03. The number of hydrogen-bond donors (Lipinski definition) is 1. The maximum Gasteiger partial charge on any atom is 0.270 e. The topological polar surface area (TPSA) is 62.4 Å². The number of ether oxygens (including phenoxy) is 1. The van der Waals surface area contributed by atoms with Crippen LogP contribution in [-0.4, -0.2) is 41.8 Å². The molecule has 6 heteroatoms. The molecule has 0 aliphatic carbocycles. The summed E-state index contributed by atoms with van der Waals surface area (Å²) in [7, 11) is 1.70. The molecule has 1 N–H and O–H groups in total. The van der Waals surface area contributed by atoms with Crippen molar-refractivity contribution in [2.45, 2.75) is 20.8 Å². The molecule has 1 heterocycles. The van der Waals surface area contributed by atoms with Gasteiger partial charge in [-0.3, -0.25) is 9.59 Å². The van der Waals surface area contributed by atoms with E-state index in [1.54, 1.807) is 50.1 Å². The maximum absolute atomic E-state index is 12.6. The zero-order valence-corrected chi connectivity index (χ0v) is 15.0. The first-order valence-electron chi connectivity index (χ1n) is 7.65. The molecule has 0 aliphatic rings. The van der Waals surface area contributed by atoms with Gasteiger partial charge in [-0.25, -0.2) is 0 Å². The van der Waals surface area contributed by atoms with Crippen LogP contribution in [0.2, 0.25) is 5.02 Å². The van der Waals surface area contributed by atoms with Crippen molar-refractivity contribution in [2.24, 2.45) is 0 Å². The van der Waals surface area contributed by atoms with E-state index in [2.05, 4.69) is 4.98 Å². The molecule has 2 aromatic rings. The van der Waals surface area contributed by atoms with Crippen LogP contribution in [0.1, 0.15) is 39.0 Å². The summed E-state index contributed by atoms with van der Waals surface area (Å²) >= 11 is 5.82. The van der Waals surface area contributed by atoms with Gasteiger partial charge in [-0.15, -0.1) is 0 Å². The molecule has 0 fully saturated rings. The van der Waals surface area contributed by atoms with Gasteiger partial charge in [0, 0.05) is 23.3 Å². The van der Waals surface area contributed by atoms with Crippen LogP contribution in [0.5, 0.6) is 5.75 Å². The van der Waals surface area contributed by atoms with E-state index in [0.717, 1.165) is 0 Å². The van der Waals surface area contributed by atoms with Crippen LogP contribution in [0.25, 0.3) is 0 Å². The number of likely N-dealkylation sites (N-methyl/N-ethyl adjacent to an activating group) is 1. The monoisotopic (exact) mass is 348 g/mol. The minimum Gasteiger partial charge on any atom is -0.492 e. The number of ketones is 1. The number of H-pyrrole nitrogens is 1. The van der Waals surface area contributed by atoms with Crippen LogP contribution in [0, 0.1) is 13.8 Å². The molecule has 128 valence electrons. The molecule has 1 aromatic carbocycles. The van der Waals surface area contributed by atoms with E-state index in [0.29, 0.717) is 46.4 Å². The predicted molar refractivity (Wildman–Crippen MR) is 94.2 cm³/mol. The Morgan fingerprint density at radius 1 is 1.21 bits per heavy atom. The minimum absolute atomic E-state index is 0.0472. The van der Waals surface area contributed by atoms with Crippen LogP contribution < -0.4 is 4.74 Å². The molecule has 1 amide bonds. The molecular formula is C18H21ClN2O3. The van der Waals surface area contributed by atoms with Gasteiger partial charge in [0.2, 0.25) is 0 Å². The number of carbonyl (C=O) groups excluding carboxylic acids is 2. The molecule has 0 aliphatic heterocycles. The second-order valence-corrected chi connectivity index (χ2v) is 6.15. The summed E-state index contributed by atoms with van der Waals surface area (Å²) in [5, 5.41) is 0.647. The van der Waals surface area contributed by atoms with Gasteiger partial charge in [-0.05, 0) is 50.6 Å². The number of nitrogens with zero attached hydrogens (tertiary/aromatic N) is 1. The van der Waals surface area contributed by atoms with E-state index in [1.165, 1.54) is 6.92 Å². The number of aromatic amines is 1.